The van der Waals surface area contributed by atoms with Crippen molar-refractivity contribution >= 4 is 68.2 Å². The third-order valence-corrected chi connectivity index (χ3v) is 24.2. The number of anilines is 12. The molecule has 134 heavy (non-hydrogen) atoms. The van der Waals surface area contributed by atoms with Gasteiger partial charge in [0.25, 0.3) is 0 Å². The van der Waals surface area contributed by atoms with E-state index in [1.807, 2.05) is 27.7 Å². The summed E-state index contributed by atoms with van der Waals surface area (Å²) in [6, 6.07) is 200. The lowest BCUT2D eigenvalue weighted by Crippen LogP contribution is -2.11. The fraction of sp³-hybridized carbons (Fsp3) is 0.0308. The van der Waals surface area contributed by atoms with Gasteiger partial charge in [-0.2, -0.15) is 0 Å². The molecule has 0 atom stereocenters. The van der Waals surface area contributed by atoms with E-state index in [9.17, 15) is 0 Å². The molecule has 21 rings (SSSR count). The van der Waals surface area contributed by atoms with Gasteiger partial charge in [0.1, 0.15) is 0 Å². The maximum absolute atomic E-state index is 2.40. The Balaban J connectivity index is 0.000000173. The Morgan fingerprint density at radius 1 is 0.0970 bits per heavy atom. The normalized spacial score (nSPS) is 10.7. The summed E-state index contributed by atoms with van der Waals surface area (Å²) < 4.78 is 0. The van der Waals surface area contributed by atoms with Crippen LogP contribution in [0.3, 0.4) is 0 Å². The van der Waals surface area contributed by atoms with Crippen LogP contribution in [0.15, 0.2) is 558 Å². The highest BCUT2D eigenvalue weighted by Crippen LogP contribution is 2.49. The van der Waals surface area contributed by atoms with Crippen LogP contribution in [0.25, 0.3) is 122 Å². The number of rotatable bonds is 23. The minimum absolute atomic E-state index is 1.07. The van der Waals surface area contributed by atoms with Crippen molar-refractivity contribution in [1.82, 2.24) is 0 Å². The van der Waals surface area contributed by atoms with E-state index >= 15 is 0 Å². The van der Waals surface area contributed by atoms with E-state index in [1.165, 1.54) is 100 Å². The first kappa shape index (κ1) is 87.5. The highest BCUT2D eigenvalue weighted by Gasteiger charge is 2.24. The fourth-order valence-corrected chi connectivity index (χ4v) is 17.5. The SMILES string of the molecule is CC.CC.c1ccc(-c2ccc(N(c3ccc(-c4ccccc4)cc3)c3ccc(-c4ccc(N(c5ccc(-c6ccccc6)cc5)c5ccc(-c6ccccc6)cc5)cc4)cc3)cc2)cc1.c1ccc(-c2ccc(N(c3ccccc3)c3ccc(-c4ccc(N(c5ccc(-c6ccccc6)cc5)c5cc(-c6ccccc6)c(-c6ccccc6)c(-c6ccccc6)c5)cc4)cc3)cc2)cc1. The zero-order valence-corrected chi connectivity index (χ0v) is 75.9. The van der Waals surface area contributed by atoms with Gasteiger partial charge in [0.2, 0.25) is 0 Å². The molecule has 0 aliphatic rings. The van der Waals surface area contributed by atoms with Gasteiger partial charge in [0.15, 0.2) is 0 Å². The Morgan fingerprint density at radius 3 is 0.366 bits per heavy atom. The number of hydrogen-bond donors (Lipinski definition) is 0. The van der Waals surface area contributed by atoms with Gasteiger partial charge in [-0.3, -0.25) is 0 Å². The van der Waals surface area contributed by atoms with E-state index in [-0.39, 0.29) is 0 Å². The second-order valence-electron chi connectivity index (χ2n) is 32.4. The van der Waals surface area contributed by atoms with Gasteiger partial charge >= 0.3 is 0 Å². The van der Waals surface area contributed by atoms with Crippen LogP contribution < -0.4 is 19.6 Å². The summed E-state index contributed by atoms with van der Waals surface area (Å²) >= 11 is 0. The van der Waals surface area contributed by atoms with Crippen molar-refractivity contribution in [2.45, 2.75) is 27.7 Å². The predicted octanol–water partition coefficient (Wildman–Crippen LogP) is 37.6. The van der Waals surface area contributed by atoms with Crippen LogP contribution in [-0.4, -0.2) is 0 Å². The van der Waals surface area contributed by atoms with E-state index in [0.29, 0.717) is 0 Å². The highest BCUT2D eigenvalue weighted by molar-refractivity contribution is 5.99. The van der Waals surface area contributed by atoms with Crippen molar-refractivity contribution in [3.05, 3.63) is 558 Å². The van der Waals surface area contributed by atoms with Gasteiger partial charge < -0.3 is 19.6 Å². The van der Waals surface area contributed by atoms with Gasteiger partial charge in [0.05, 0.1) is 0 Å². The molecule has 0 radical (unpaired) electrons. The van der Waals surface area contributed by atoms with Crippen molar-refractivity contribution in [1.29, 1.82) is 0 Å². The third kappa shape index (κ3) is 20.3. The fourth-order valence-electron chi connectivity index (χ4n) is 17.5. The van der Waals surface area contributed by atoms with Crippen LogP contribution >= 0.6 is 0 Å². The van der Waals surface area contributed by atoms with Gasteiger partial charge in [0, 0.05) is 68.2 Å². The van der Waals surface area contributed by atoms with E-state index in [1.54, 1.807) is 0 Å². The molecule has 0 fully saturated rings. The molecule has 0 N–H and O–H groups in total. The van der Waals surface area contributed by atoms with Crippen molar-refractivity contribution in [2.75, 3.05) is 19.6 Å². The summed E-state index contributed by atoms with van der Waals surface area (Å²) in [5, 5.41) is 0. The first-order chi connectivity index (χ1) is 66.5. The van der Waals surface area contributed by atoms with E-state index in [2.05, 4.69) is 578 Å². The number of hydrogen-bond acceptors (Lipinski definition) is 4. The minimum Gasteiger partial charge on any atom is -0.311 e. The zero-order valence-electron chi connectivity index (χ0n) is 75.9. The second-order valence-corrected chi connectivity index (χ2v) is 32.4. The lowest BCUT2D eigenvalue weighted by atomic mass is 9.86. The molecule has 0 amide bonds. The maximum atomic E-state index is 2.40. The predicted molar refractivity (Wildman–Crippen MR) is 574 cm³/mol. The molecule has 0 aliphatic carbocycles. The van der Waals surface area contributed by atoms with Crippen LogP contribution in [0, 0.1) is 0 Å². The van der Waals surface area contributed by atoms with Crippen molar-refractivity contribution < 1.29 is 0 Å². The molecule has 0 spiro atoms. The Morgan fingerprint density at radius 2 is 0.209 bits per heavy atom. The van der Waals surface area contributed by atoms with Crippen molar-refractivity contribution in [3.8, 4) is 122 Å². The van der Waals surface area contributed by atoms with Gasteiger partial charge in [-0.1, -0.05) is 440 Å². The third-order valence-electron chi connectivity index (χ3n) is 24.2. The smallest absolute Gasteiger partial charge is 0.0474 e. The summed E-state index contributed by atoms with van der Waals surface area (Å²) in [6.45, 7) is 8.00. The second kappa shape index (κ2) is 42.8. The first-order valence-electron chi connectivity index (χ1n) is 46.4. The lowest BCUT2D eigenvalue weighted by Gasteiger charge is -2.29. The quantitative estimate of drug-likeness (QED) is 0.0633. The monoisotopic (exact) mass is 1720 g/mol. The van der Waals surface area contributed by atoms with Crippen molar-refractivity contribution in [3.63, 3.8) is 0 Å². The molecule has 4 nitrogen and oxygen atoms in total. The van der Waals surface area contributed by atoms with Crippen molar-refractivity contribution in [2.24, 2.45) is 0 Å². The molecule has 21 aromatic carbocycles. The molecule has 0 aromatic heterocycles. The van der Waals surface area contributed by atoms with E-state index in [0.717, 1.165) is 90.5 Å². The number of para-hydroxylation sites is 1. The summed E-state index contributed by atoms with van der Waals surface area (Å²) in [6.07, 6.45) is 0. The Kier molecular flexibility index (Phi) is 28.0. The van der Waals surface area contributed by atoms with E-state index in [4.69, 9.17) is 0 Å². The van der Waals surface area contributed by atoms with Gasteiger partial charge in [-0.15, -0.1) is 0 Å². The average Bonchev–Trinajstić information content (AvgIpc) is 0.752. The summed E-state index contributed by atoms with van der Waals surface area (Å²) in [7, 11) is 0. The molecule has 644 valence electrons. The van der Waals surface area contributed by atoms with Gasteiger partial charge in [-0.05, 0) is 268 Å². The molecular formula is C130H104N4. The molecule has 0 saturated carbocycles. The zero-order chi connectivity index (χ0) is 91.0. The topological polar surface area (TPSA) is 13.0 Å². The molecule has 0 bridgehead atoms. The maximum Gasteiger partial charge on any atom is 0.0474 e. The van der Waals surface area contributed by atoms with Gasteiger partial charge in [-0.25, -0.2) is 0 Å². The average molecular weight is 1720 g/mol. The molecular weight excluding hydrogens is 1620 g/mol. The lowest BCUT2D eigenvalue weighted by molar-refractivity contribution is 1.28. The van der Waals surface area contributed by atoms with Crippen LogP contribution in [0.5, 0.6) is 0 Å². The van der Waals surface area contributed by atoms with E-state index < -0.39 is 0 Å². The molecule has 4 heteroatoms. The summed E-state index contributed by atoms with van der Waals surface area (Å²) in [4.78, 5) is 9.38. The Labute approximate surface area is 790 Å². The Bertz CT molecular complexity index is 6770. The molecule has 0 heterocycles. The van der Waals surface area contributed by atoms with Crippen LogP contribution in [-0.2, 0) is 0 Å². The summed E-state index contributed by atoms with van der Waals surface area (Å²) in [5.41, 5.74) is 39.2. The van der Waals surface area contributed by atoms with Crippen LogP contribution in [0.1, 0.15) is 27.7 Å². The highest BCUT2D eigenvalue weighted by atomic mass is 15.2. The number of benzene rings is 21. The largest absolute Gasteiger partial charge is 0.311 e. The molecule has 0 unspecified atom stereocenters. The molecule has 0 aliphatic heterocycles. The first-order valence-corrected chi connectivity index (χ1v) is 46.4. The standard InChI is InChI=1S/C66H48N2.C60H44N2.2C2H6/c1-7-19-49(20-8-1)51-31-39-59(40-32-51)67(58-29-17-6-18-30-58)60-41-35-53(36-42-60)54-37-45-62(46-38-54)68(61-43-33-52(34-44-61)50-21-9-2-10-22-50)63-47-64(55-23-11-3-12-24-55)66(57-27-15-5-16-28-57)65(48-63)56-25-13-4-14-26-56;1-5-13-45(14-6-1)49-21-33-55(34-22-49)61(56-35-23-50(24-36-56)46-15-7-2-8-16-46)59-41-29-53(30-42-59)54-31-43-60(44-32-54)62(57-37-25-51(26-38-57)47-17-9-3-10-18-47)58-39-27-52(28-40-58)48-19-11-4-12-20-48;2*1-2/h1-48H;1-44H;2*1-2H3. The minimum atomic E-state index is 1.07. The summed E-state index contributed by atoms with van der Waals surface area (Å²) in [5.74, 6) is 0. The van der Waals surface area contributed by atoms with Crippen LogP contribution in [0.2, 0.25) is 0 Å². The van der Waals surface area contributed by atoms with Crippen LogP contribution in [0.4, 0.5) is 68.2 Å². The molecule has 0 saturated heterocycles. The number of nitrogens with zero attached hydrogens (tertiary/aromatic N) is 4. The molecule has 21 aromatic rings. The Hall–Kier alpha value is -17.2.